The molecule has 0 amide bonds. The lowest BCUT2D eigenvalue weighted by atomic mass is 10.1. The molecule has 1 heterocycles. The molecular formula is C12H10Cl2N2O. The van der Waals surface area contributed by atoms with Gasteiger partial charge >= 0.3 is 0 Å². The van der Waals surface area contributed by atoms with Crippen molar-refractivity contribution >= 4 is 23.2 Å². The molecule has 0 spiro atoms. The Balaban J connectivity index is 2.06. The molecule has 2 aromatic rings. The summed E-state index contributed by atoms with van der Waals surface area (Å²) in [6.07, 6.45) is 5.35. The van der Waals surface area contributed by atoms with Crippen LogP contribution in [0, 0.1) is 0 Å². The standard InChI is InChI=1S/C12H10Cl2N2O/c13-7-3-9-8(10(14)4-7)5-11(12(9)17)16-2-1-15-6-16/h1-4,6,11-12,17H,5H2. The summed E-state index contributed by atoms with van der Waals surface area (Å²) >= 11 is 12.1. The Kier molecular flexibility index (Phi) is 2.62. The van der Waals surface area contributed by atoms with Gasteiger partial charge < -0.3 is 9.67 Å². The maximum atomic E-state index is 10.3. The van der Waals surface area contributed by atoms with Crippen LogP contribution in [-0.2, 0) is 6.42 Å². The van der Waals surface area contributed by atoms with E-state index in [0.29, 0.717) is 16.5 Å². The number of hydrogen-bond acceptors (Lipinski definition) is 2. The molecular weight excluding hydrogens is 259 g/mol. The summed E-state index contributed by atoms with van der Waals surface area (Å²) in [5.41, 5.74) is 1.79. The minimum atomic E-state index is -0.588. The number of aliphatic hydroxyl groups is 1. The number of nitrogens with zero attached hydrogens (tertiary/aromatic N) is 2. The molecule has 3 rings (SSSR count). The minimum Gasteiger partial charge on any atom is -0.386 e. The number of rotatable bonds is 1. The Morgan fingerprint density at radius 1 is 1.35 bits per heavy atom. The summed E-state index contributed by atoms with van der Waals surface area (Å²) in [5, 5.41) is 11.5. The average molecular weight is 269 g/mol. The number of aliphatic hydroxyl groups excluding tert-OH is 1. The highest BCUT2D eigenvalue weighted by Crippen LogP contribution is 2.43. The van der Waals surface area contributed by atoms with E-state index in [0.717, 1.165) is 11.1 Å². The first-order chi connectivity index (χ1) is 8.16. The van der Waals surface area contributed by atoms with Crippen molar-refractivity contribution < 1.29 is 5.11 Å². The van der Waals surface area contributed by atoms with E-state index in [1.54, 1.807) is 24.7 Å². The van der Waals surface area contributed by atoms with Crippen LogP contribution in [0.25, 0.3) is 0 Å². The fourth-order valence-electron chi connectivity index (χ4n) is 2.36. The highest BCUT2D eigenvalue weighted by Gasteiger charge is 2.33. The van der Waals surface area contributed by atoms with Gasteiger partial charge in [-0.15, -0.1) is 0 Å². The maximum absolute atomic E-state index is 10.3. The molecule has 0 saturated heterocycles. The summed E-state index contributed by atoms with van der Waals surface area (Å²) in [5.74, 6) is 0. The van der Waals surface area contributed by atoms with Gasteiger partial charge in [0, 0.05) is 22.4 Å². The molecule has 1 aromatic carbocycles. The molecule has 0 fully saturated rings. The van der Waals surface area contributed by atoms with E-state index in [2.05, 4.69) is 4.98 Å². The lowest BCUT2D eigenvalue weighted by Crippen LogP contribution is -2.12. The fraction of sp³-hybridized carbons (Fsp3) is 0.250. The molecule has 88 valence electrons. The number of halogens is 2. The van der Waals surface area contributed by atoms with Crippen molar-refractivity contribution in [3.8, 4) is 0 Å². The topological polar surface area (TPSA) is 38.0 Å². The maximum Gasteiger partial charge on any atom is 0.100 e. The zero-order valence-corrected chi connectivity index (χ0v) is 10.4. The van der Waals surface area contributed by atoms with Crippen LogP contribution < -0.4 is 0 Å². The van der Waals surface area contributed by atoms with E-state index >= 15 is 0 Å². The summed E-state index contributed by atoms with van der Waals surface area (Å²) < 4.78 is 1.90. The van der Waals surface area contributed by atoms with E-state index in [1.165, 1.54) is 0 Å². The van der Waals surface area contributed by atoms with Crippen LogP contribution in [-0.4, -0.2) is 14.7 Å². The number of benzene rings is 1. The molecule has 0 aliphatic heterocycles. The molecule has 0 radical (unpaired) electrons. The Morgan fingerprint density at radius 3 is 2.88 bits per heavy atom. The van der Waals surface area contributed by atoms with Crippen molar-refractivity contribution in [2.75, 3.05) is 0 Å². The third-order valence-corrected chi connectivity index (χ3v) is 3.75. The fourth-order valence-corrected chi connectivity index (χ4v) is 2.95. The quantitative estimate of drug-likeness (QED) is 0.864. The zero-order valence-electron chi connectivity index (χ0n) is 8.85. The molecule has 2 unspecified atom stereocenters. The summed E-state index contributed by atoms with van der Waals surface area (Å²) in [6, 6.07) is 3.44. The third kappa shape index (κ3) is 1.75. The molecule has 1 aromatic heterocycles. The van der Waals surface area contributed by atoms with E-state index in [4.69, 9.17) is 23.2 Å². The van der Waals surface area contributed by atoms with Crippen molar-refractivity contribution in [3.63, 3.8) is 0 Å². The van der Waals surface area contributed by atoms with Gasteiger partial charge in [0.15, 0.2) is 0 Å². The number of hydrogen-bond donors (Lipinski definition) is 1. The second kappa shape index (κ2) is 4.02. The van der Waals surface area contributed by atoms with Crippen LogP contribution >= 0.6 is 23.2 Å². The predicted octanol–water partition coefficient (Wildman–Crippen LogP) is 3.02. The Hall–Kier alpha value is -1.03. The molecule has 1 N–H and O–H groups in total. The molecule has 3 nitrogen and oxygen atoms in total. The van der Waals surface area contributed by atoms with Gasteiger partial charge in [-0.1, -0.05) is 23.2 Å². The van der Waals surface area contributed by atoms with E-state index in [1.807, 2.05) is 10.8 Å². The largest absolute Gasteiger partial charge is 0.386 e. The molecule has 5 heteroatoms. The van der Waals surface area contributed by atoms with Crippen LogP contribution in [0.3, 0.4) is 0 Å². The second-order valence-corrected chi connectivity index (χ2v) is 5.03. The SMILES string of the molecule is OC1c2cc(Cl)cc(Cl)c2CC1n1ccnc1. The number of aromatic nitrogens is 2. The van der Waals surface area contributed by atoms with Gasteiger partial charge in [0.05, 0.1) is 12.4 Å². The number of fused-ring (bicyclic) bond motifs is 1. The first-order valence-electron chi connectivity index (χ1n) is 5.30. The normalized spacial score (nSPS) is 22.8. The van der Waals surface area contributed by atoms with Crippen LogP contribution in [0.4, 0.5) is 0 Å². The molecule has 0 saturated carbocycles. The van der Waals surface area contributed by atoms with Crippen molar-refractivity contribution in [1.29, 1.82) is 0 Å². The summed E-state index contributed by atoms with van der Waals surface area (Å²) in [4.78, 5) is 4.00. The van der Waals surface area contributed by atoms with Crippen molar-refractivity contribution in [2.45, 2.75) is 18.6 Å². The molecule has 1 aliphatic rings. The van der Waals surface area contributed by atoms with Crippen molar-refractivity contribution in [1.82, 2.24) is 9.55 Å². The molecule has 2 atom stereocenters. The van der Waals surface area contributed by atoms with Crippen molar-refractivity contribution in [2.24, 2.45) is 0 Å². The lowest BCUT2D eigenvalue weighted by Gasteiger charge is -2.16. The second-order valence-electron chi connectivity index (χ2n) is 4.18. The minimum absolute atomic E-state index is 0.0523. The first kappa shape index (κ1) is 11.1. The first-order valence-corrected chi connectivity index (χ1v) is 6.05. The van der Waals surface area contributed by atoms with E-state index in [-0.39, 0.29) is 6.04 Å². The Bertz CT molecular complexity index is 554. The van der Waals surface area contributed by atoms with Gasteiger partial charge in [-0.05, 0) is 29.7 Å². The Labute approximate surface area is 109 Å². The van der Waals surface area contributed by atoms with Gasteiger partial charge in [-0.3, -0.25) is 0 Å². The zero-order chi connectivity index (χ0) is 12.0. The average Bonchev–Trinajstić information content (AvgIpc) is 2.87. The smallest absolute Gasteiger partial charge is 0.100 e. The van der Waals surface area contributed by atoms with E-state index < -0.39 is 6.10 Å². The van der Waals surface area contributed by atoms with Gasteiger partial charge in [0.25, 0.3) is 0 Å². The highest BCUT2D eigenvalue weighted by molar-refractivity contribution is 6.35. The Morgan fingerprint density at radius 2 is 2.18 bits per heavy atom. The van der Waals surface area contributed by atoms with Crippen LogP contribution in [0.2, 0.25) is 10.0 Å². The summed E-state index contributed by atoms with van der Waals surface area (Å²) in [6.45, 7) is 0. The monoisotopic (exact) mass is 268 g/mol. The van der Waals surface area contributed by atoms with Gasteiger partial charge in [0.1, 0.15) is 6.10 Å². The van der Waals surface area contributed by atoms with Crippen LogP contribution in [0.15, 0.2) is 30.9 Å². The molecule has 1 aliphatic carbocycles. The highest BCUT2D eigenvalue weighted by atomic mass is 35.5. The summed E-state index contributed by atoms with van der Waals surface area (Å²) in [7, 11) is 0. The van der Waals surface area contributed by atoms with Crippen molar-refractivity contribution in [3.05, 3.63) is 52.0 Å². The third-order valence-electron chi connectivity index (χ3n) is 3.20. The van der Waals surface area contributed by atoms with Gasteiger partial charge in [0.2, 0.25) is 0 Å². The van der Waals surface area contributed by atoms with Crippen LogP contribution in [0.5, 0.6) is 0 Å². The van der Waals surface area contributed by atoms with Gasteiger partial charge in [-0.2, -0.15) is 0 Å². The lowest BCUT2D eigenvalue weighted by molar-refractivity contribution is 0.127. The van der Waals surface area contributed by atoms with Crippen LogP contribution in [0.1, 0.15) is 23.3 Å². The predicted molar refractivity (Wildman–Crippen MR) is 66.4 cm³/mol. The molecule has 17 heavy (non-hydrogen) atoms. The number of imidazole rings is 1. The van der Waals surface area contributed by atoms with Gasteiger partial charge in [-0.25, -0.2) is 4.98 Å². The molecule has 0 bridgehead atoms. The van der Waals surface area contributed by atoms with E-state index in [9.17, 15) is 5.11 Å².